The van der Waals surface area contributed by atoms with Crippen LogP contribution in [0.15, 0.2) is 60.1 Å². The number of anilines is 3. The third kappa shape index (κ3) is 3.49. The molecule has 0 aliphatic rings. The van der Waals surface area contributed by atoms with Crippen molar-refractivity contribution in [1.29, 1.82) is 0 Å². The molecule has 3 rings (SSSR count). The van der Waals surface area contributed by atoms with Gasteiger partial charge in [0.05, 0.1) is 11.4 Å². The Hall–Kier alpha value is -2.53. The second-order valence-electron chi connectivity index (χ2n) is 4.04. The molecule has 5 heteroatoms. The van der Waals surface area contributed by atoms with Crippen molar-refractivity contribution in [1.82, 2.24) is 4.98 Å². The first-order valence-corrected chi connectivity index (χ1v) is 6.91. The fourth-order valence-corrected chi connectivity index (χ4v) is 2.07. The number of para-hydroxylation sites is 1. The summed E-state index contributed by atoms with van der Waals surface area (Å²) in [6.07, 6.45) is 1.68. The molecule has 0 bridgehead atoms. The average molecular weight is 284 g/mol. The Morgan fingerprint density at radius 2 is 1.60 bits per heavy atom. The Kier molecular flexibility index (Phi) is 4.57. The lowest BCUT2D eigenvalue weighted by Crippen LogP contribution is -1.96. The zero-order chi connectivity index (χ0) is 14.4. The molecule has 4 nitrogen and oxygen atoms in total. The van der Waals surface area contributed by atoms with Crippen molar-refractivity contribution < 1.29 is 0 Å². The summed E-state index contributed by atoms with van der Waals surface area (Å²) < 4.78 is 0. The van der Waals surface area contributed by atoms with Crippen molar-refractivity contribution >= 4 is 27.8 Å². The largest absolute Gasteiger partial charge is 0.397 e. The standard InChI is InChI=1S/C12H12N2.C3H4N2S/c13-11-8-4-7-10(12(11)14)9-5-2-1-3-6-9;4-3-5-1-2-6-3/h1-8H,13-14H2;1-2H,(H2,4,5). The third-order valence-electron chi connectivity index (χ3n) is 2.68. The third-order valence-corrected chi connectivity index (χ3v) is 3.28. The van der Waals surface area contributed by atoms with Crippen LogP contribution in [0.3, 0.4) is 0 Å². The van der Waals surface area contributed by atoms with Gasteiger partial charge >= 0.3 is 0 Å². The number of hydrogen-bond acceptors (Lipinski definition) is 5. The minimum Gasteiger partial charge on any atom is -0.397 e. The van der Waals surface area contributed by atoms with Crippen LogP contribution in [0.25, 0.3) is 11.1 Å². The Morgan fingerprint density at radius 3 is 2.15 bits per heavy atom. The van der Waals surface area contributed by atoms with Crippen LogP contribution >= 0.6 is 11.3 Å². The number of benzene rings is 2. The summed E-state index contributed by atoms with van der Waals surface area (Å²) in [5.74, 6) is 0. The predicted octanol–water partition coefficient (Wildman–Crippen LogP) is 3.24. The van der Waals surface area contributed by atoms with Gasteiger partial charge < -0.3 is 17.2 Å². The second kappa shape index (κ2) is 6.58. The number of nitrogens with zero attached hydrogens (tertiary/aromatic N) is 1. The summed E-state index contributed by atoms with van der Waals surface area (Å²) in [7, 11) is 0. The van der Waals surface area contributed by atoms with Gasteiger partial charge in [0, 0.05) is 17.1 Å². The number of hydrogen-bond donors (Lipinski definition) is 3. The molecule has 0 unspecified atom stereocenters. The number of aromatic nitrogens is 1. The van der Waals surface area contributed by atoms with Crippen LogP contribution in [-0.4, -0.2) is 4.98 Å². The SMILES string of the molecule is Nc1cccc(-c2ccccc2)c1N.Nc1nccs1. The van der Waals surface area contributed by atoms with Crippen molar-refractivity contribution in [2.45, 2.75) is 0 Å². The van der Waals surface area contributed by atoms with Crippen molar-refractivity contribution in [3.05, 3.63) is 60.1 Å². The van der Waals surface area contributed by atoms with Crippen LogP contribution < -0.4 is 17.2 Å². The molecule has 0 spiro atoms. The second-order valence-corrected chi connectivity index (χ2v) is 4.97. The van der Waals surface area contributed by atoms with Crippen LogP contribution in [0.1, 0.15) is 0 Å². The van der Waals surface area contributed by atoms with Gasteiger partial charge in [-0.25, -0.2) is 4.98 Å². The average Bonchev–Trinajstić information content (AvgIpc) is 2.95. The van der Waals surface area contributed by atoms with E-state index >= 15 is 0 Å². The van der Waals surface area contributed by atoms with Crippen molar-refractivity contribution in [3.8, 4) is 11.1 Å². The van der Waals surface area contributed by atoms with Crippen LogP contribution in [0, 0.1) is 0 Å². The molecule has 1 heterocycles. The molecule has 2 aromatic carbocycles. The molecule has 0 amide bonds. The molecule has 20 heavy (non-hydrogen) atoms. The number of thiazole rings is 1. The van der Waals surface area contributed by atoms with Gasteiger partial charge in [-0.2, -0.15) is 0 Å². The van der Waals surface area contributed by atoms with E-state index in [1.807, 2.05) is 53.9 Å². The monoisotopic (exact) mass is 284 g/mol. The minimum atomic E-state index is 0.631. The summed E-state index contributed by atoms with van der Waals surface area (Å²) >= 11 is 1.44. The topological polar surface area (TPSA) is 91.0 Å². The van der Waals surface area contributed by atoms with E-state index in [2.05, 4.69) is 4.98 Å². The van der Waals surface area contributed by atoms with E-state index in [0.717, 1.165) is 11.1 Å². The van der Waals surface area contributed by atoms with E-state index < -0.39 is 0 Å². The molecule has 0 atom stereocenters. The van der Waals surface area contributed by atoms with Gasteiger partial charge in [0.25, 0.3) is 0 Å². The molecule has 0 aliphatic heterocycles. The summed E-state index contributed by atoms with van der Waals surface area (Å²) in [6.45, 7) is 0. The summed E-state index contributed by atoms with van der Waals surface area (Å²) in [5.41, 5.74) is 20.2. The van der Waals surface area contributed by atoms with E-state index in [1.165, 1.54) is 11.3 Å². The van der Waals surface area contributed by atoms with Crippen molar-refractivity contribution in [2.75, 3.05) is 17.2 Å². The molecule has 0 fully saturated rings. The molecule has 1 aromatic heterocycles. The van der Waals surface area contributed by atoms with E-state index in [-0.39, 0.29) is 0 Å². The van der Waals surface area contributed by atoms with Gasteiger partial charge in [0.15, 0.2) is 5.13 Å². The molecular weight excluding hydrogens is 268 g/mol. The quantitative estimate of drug-likeness (QED) is 0.598. The lowest BCUT2D eigenvalue weighted by Gasteiger charge is -2.07. The van der Waals surface area contributed by atoms with Crippen molar-refractivity contribution in [3.63, 3.8) is 0 Å². The van der Waals surface area contributed by atoms with Crippen LogP contribution in [0.4, 0.5) is 16.5 Å². The molecule has 3 aromatic rings. The fourth-order valence-electron chi connectivity index (χ4n) is 1.69. The highest BCUT2D eigenvalue weighted by molar-refractivity contribution is 7.13. The van der Waals surface area contributed by atoms with Crippen LogP contribution in [0.5, 0.6) is 0 Å². The van der Waals surface area contributed by atoms with Gasteiger partial charge in [-0.15, -0.1) is 11.3 Å². The summed E-state index contributed by atoms with van der Waals surface area (Å²) in [5, 5.41) is 2.48. The highest BCUT2D eigenvalue weighted by Crippen LogP contribution is 2.29. The smallest absolute Gasteiger partial charge is 0.179 e. The Labute approximate surface area is 121 Å². The summed E-state index contributed by atoms with van der Waals surface area (Å²) in [4.78, 5) is 3.71. The highest BCUT2D eigenvalue weighted by Gasteiger charge is 2.03. The van der Waals surface area contributed by atoms with Crippen molar-refractivity contribution in [2.24, 2.45) is 0 Å². The maximum atomic E-state index is 5.89. The number of rotatable bonds is 1. The van der Waals surface area contributed by atoms with E-state index in [1.54, 1.807) is 6.20 Å². The zero-order valence-corrected chi connectivity index (χ0v) is 11.7. The highest BCUT2D eigenvalue weighted by atomic mass is 32.1. The van der Waals surface area contributed by atoms with Gasteiger partial charge in [-0.05, 0) is 11.6 Å². The van der Waals surface area contributed by atoms with Gasteiger partial charge in [-0.1, -0.05) is 42.5 Å². The maximum Gasteiger partial charge on any atom is 0.179 e. The molecule has 0 saturated heterocycles. The lowest BCUT2D eigenvalue weighted by atomic mass is 10.0. The zero-order valence-electron chi connectivity index (χ0n) is 10.9. The van der Waals surface area contributed by atoms with Gasteiger partial charge in [0.2, 0.25) is 0 Å². The first-order valence-electron chi connectivity index (χ1n) is 6.03. The molecule has 0 saturated carbocycles. The first kappa shape index (κ1) is 13.9. The number of nitrogen functional groups attached to an aromatic ring is 3. The normalized spacial score (nSPS) is 9.60. The van der Waals surface area contributed by atoms with Crippen LogP contribution in [0.2, 0.25) is 0 Å². The minimum absolute atomic E-state index is 0.631. The van der Waals surface area contributed by atoms with Crippen LogP contribution in [-0.2, 0) is 0 Å². The summed E-state index contributed by atoms with van der Waals surface area (Å²) in [6, 6.07) is 15.7. The molecule has 6 N–H and O–H groups in total. The molecular formula is C15H16N4S. The van der Waals surface area contributed by atoms with E-state index in [0.29, 0.717) is 16.5 Å². The van der Waals surface area contributed by atoms with Gasteiger partial charge in [-0.3, -0.25) is 0 Å². The van der Waals surface area contributed by atoms with E-state index in [4.69, 9.17) is 17.2 Å². The lowest BCUT2D eigenvalue weighted by molar-refractivity contribution is 1.43. The molecule has 0 aliphatic carbocycles. The molecule has 102 valence electrons. The number of nitrogens with two attached hydrogens (primary N) is 3. The molecule has 0 radical (unpaired) electrons. The fraction of sp³-hybridized carbons (Fsp3) is 0. The maximum absolute atomic E-state index is 5.89. The Morgan fingerprint density at radius 1 is 0.850 bits per heavy atom. The predicted molar refractivity (Wildman–Crippen MR) is 87.2 cm³/mol. The van der Waals surface area contributed by atoms with Gasteiger partial charge in [0.1, 0.15) is 0 Å². The Balaban J connectivity index is 0.000000205. The first-order chi connectivity index (χ1) is 9.68. The Bertz CT molecular complexity index is 651. The van der Waals surface area contributed by atoms with E-state index in [9.17, 15) is 0 Å².